The van der Waals surface area contributed by atoms with Gasteiger partial charge in [-0.05, 0) is 98.8 Å². The lowest BCUT2D eigenvalue weighted by Crippen LogP contribution is -2.58. The van der Waals surface area contributed by atoms with Crippen molar-refractivity contribution in [1.29, 1.82) is 0 Å². The minimum absolute atomic E-state index is 0.00784. The molecule has 1 unspecified atom stereocenters. The van der Waals surface area contributed by atoms with E-state index in [1.807, 2.05) is 55.6 Å². The van der Waals surface area contributed by atoms with Crippen molar-refractivity contribution in [2.45, 2.75) is 25.7 Å². The van der Waals surface area contributed by atoms with E-state index in [2.05, 4.69) is 35.8 Å². The molecular weight excluding hydrogens is 1120 g/mol. The van der Waals surface area contributed by atoms with Gasteiger partial charge in [0.2, 0.25) is 12.0 Å². The molecule has 0 bridgehead atoms. The number of phosphoric ester groups is 1. The minimum atomic E-state index is -4.58. The summed E-state index contributed by atoms with van der Waals surface area (Å²) in [5.74, 6) is 1.66. The third-order valence-corrected chi connectivity index (χ3v) is 15.9. The molecule has 77 heavy (non-hydrogen) atoms. The van der Waals surface area contributed by atoms with E-state index in [4.69, 9.17) is 49.5 Å². The number of esters is 1. The molecule has 0 spiro atoms. The van der Waals surface area contributed by atoms with Crippen molar-refractivity contribution >= 4 is 62.9 Å². The zero-order valence-electron chi connectivity index (χ0n) is 42.0. The lowest BCUT2D eigenvalue weighted by atomic mass is 9.99. The summed E-state index contributed by atoms with van der Waals surface area (Å²) in [6.07, 6.45) is 1.74. The van der Waals surface area contributed by atoms with Crippen LogP contribution < -0.4 is 23.7 Å². The van der Waals surface area contributed by atoms with Crippen molar-refractivity contribution in [3.63, 3.8) is 0 Å². The van der Waals surface area contributed by atoms with Crippen LogP contribution in [0, 0.1) is 5.82 Å². The zero-order valence-corrected chi connectivity index (χ0v) is 46.1. The number of hydrogen-bond donors (Lipinski definition) is 2. The highest BCUT2D eigenvalue weighted by Gasteiger charge is 2.33. The van der Waals surface area contributed by atoms with Gasteiger partial charge in [0.1, 0.15) is 59.8 Å². The second kappa shape index (κ2) is 24.8. The maximum Gasteiger partial charge on any atom is 0.474 e. The molecule has 1 aliphatic heterocycles. The SMILES string of the molecule is COc1ccc(COC(=O)C(Cc2ccccc2OCc2ccnc(-c3ccccc3OC)n2)Oc2ncnc3sc(-c4ccc(F)cc4)c(-c4ccc(OCCN5CC[N+](C)(COP(=O)(O)O)CC5)c(Cl)c4Br)c23)cc1. The fourth-order valence-electron chi connectivity index (χ4n) is 8.61. The highest BCUT2D eigenvalue weighted by atomic mass is 79.9. The first kappa shape index (κ1) is 55.2. The first-order chi connectivity index (χ1) is 37.2. The highest BCUT2D eigenvalue weighted by molar-refractivity contribution is 9.10. The van der Waals surface area contributed by atoms with Crippen LogP contribution in [0.4, 0.5) is 4.39 Å². The molecule has 2 N–H and O–H groups in total. The number of carbonyl (C=O) groups excluding carboxylic acids is 1. The van der Waals surface area contributed by atoms with Crippen LogP contribution in [0.3, 0.4) is 0 Å². The Morgan fingerprint density at radius 3 is 2.34 bits per heavy atom. The topological polar surface area (TPSA) is 194 Å². The number of nitrogens with zero attached hydrogens (tertiary/aromatic N) is 6. The number of ether oxygens (including phenoxy) is 6. The van der Waals surface area contributed by atoms with Crippen LogP contribution in [-0.2, 0) is 38.3 Å². The van der Waals surface area contributed by atoms with Crippen LogP contribution in [0.5, 0.6) is 28.9 Å². The molecule has 0 amide bonds. The molecule has 0 aliphatic carbocycles. The number of phosphoric acid groups is 1. The maximum absolute atomic E-state index is 14.5. The lowest BCUT2D eigenvalue weighted by Gasteiger charge is -2.41. The maximum atomic E-state index is 14.5. The van der Waals surface area contributed by atoms with E-state index in [1.165, 1.54) is 29.8 Å². The molecule has 3 aromatic heterocycles. The fraction of sp³-hybridized carbons (Fsp3) is 0.255. The number of piperazine rings is 1. The normalized spacial score (nSPS) is 14.0. The van der Waals surface area contributed by atoms with Crippen LogP contribution in [0.1, 0.15) is 16.8 Å². The van der Waals surface area contributed by atoms with Crippen molar-refractivity contribution in [2.24, 2.45) is 0 Å². The van der Waals surface area contributed by atoms with Gasteiger partial charge in [0, 0.05) is 47.2 Å². The molecule has 22 heteroatoms. The molecule has 5 aromatic carbocycles. The number of quaternary nitrogens is 1. The number of fused-ring (bicyclic) bond motifs is 1. The molecule has 1 saturated heterocycles. The largest absolute Gasteiger partial charge is 0.497 e. The Morgan fingerprint density at radius 2 is 1.60 bits per heavy atom. The number of aromatic nitrogens is 4. The van der Waals surface area contributed by atoms with Gasteiger partial charge in [0.25, 0.3) is 0 Å². The van der Waals surface area contributed by atoms with Gasteiger partial charge in [-0.2, -0.15) is 0 Å². The summed E-state index contributed by atoms with van der Waals surface area (Å²) in [7, 11) is 0.488. The van der Waals surface area contributed by atoms with E-state index in [0.717, 1.165) is 11.1 Å². The standard InChI is InChI=1S/C55H52BrClFN6O11PS/c1-64(34-74-76(66,67)68)27-24-63(25-28-64)26-29-71-45-21-20-42(49(56)50(45)57)47-48-53(60-33-61-54(48)77-51(47)36-14-16-38(58)17-15-36)75-46(55(65)73-31-35-12-18-40(69-2)19-13-35)30-37-8-4-6-10-43(37)72-32-39-22-23-59-52(62-39)41-9-5-7-11-44(41)70-3/h4-23,33,46H,24-32,34H2,1-3H3,(H-,66,67,68)/p+1. The quantitative estimate of drug-likeness (QED) is 0.0369. The first-order valence-electron chi connectivity index (χ1n) is 24.2. The van der Waals surface area contributed by atoms with E-state index < -0.39 is 25.7 Å². The van der Waals surface area contributed by atoms with E-state index in [-0.39, 0.29) is 32.2 Å². The number of halogens is 3. The van der Waals surface area contributed by atoms with E-state index >= 15 is 0 Å². The molecule has 400 valence electrons. The van der Waals surface area contributed by atoms with Crippen molar-refractivity contribution in [3.8, 4) is 61.8 Å². The average molecular weight is 1170 g/mol. The van der Waals surface area contributed by atoms with Crippen molar-refractivity contribution in [3.05, 3.63) is 160 Å². The number of benzene rings is 5. The van der Waals surface area contributed by atoms with Crippen molar-refractivity contribution in [2.75, 3.05) is 67.3 Å². The van der Waals surface area contributed by atoms with Gasteiger partial charge >= 0.3 is 13.8 Å². The molecule has 0 saturated carbocycles. The van der Waals surface area contributed by atoms with Crippen LogP contribution in [-0.4, -0.2) is 119 Å². The zero-order chi connectivity index (χ0) is 54.1. The monoisotopic (exact) mass is 1170 g/mol. The van der Waals surface area contributed by atoms with Crippen molar-refractivity contribution < 1.29 is 61.0 Å². The van der Waals surface area contributed by atoms with Gasteiger partial charge in [0.15, 0.2) is 12.6 Å². The Kier molecular flexibility index (Phi) is 17.8. The predicted molar refractivity (Wildman–Crippen MR) is 293 cm³/mol. The summed E-state index contributed by atoms with van der Waals surface area (Å²) in [6.45, 7) is 3.41. The molecule has 9 rings (SSSR count). The number of likely N-dealkylation sites (N-methyl/N-ethyl adjacent to an activating group) is 1. The number of thiophene rings is 1. The van der Waals surface area contributed by atoms with Crippen molar-refractivity contribution in [1.82, 2.24) is 24.8 Å². The Hall–Kier alpha value is -6.58. The summed E-state index contributed by atoms with van der Waals surface area (Å²) < 4.78 is 67.8. The fourth-order valence-corrected chi connectivity index (χ4v) is 10.9. The van der Waals surface area contributed by atoms with Crippen LogP contribution in [0.2, 0.25) is 5.02 Å². The molecule has 4 heterocycles. The number of hydrogen-bond acceptors (Lipinski definition) is 15. The van der Waals surface area contributed by atoms with Gasteiger partial charge in [-0.25, -0.2) is 38.2 Å². The smallest absolute Gasteiger partial charge is 0.474 e. The molecule has 0 radical (unpaired) electrons. The average Bonchev–Trinajstić information content (AvgIpc) is 3.87. The first-order valence-corrected chi connectivity index (χ1v) is 27.7. The van der Waals surface area contributed by atoms with E-state index in [1.54, 1.807) is 75.0 Å². The van der Waals surface area contributed by atoms with Crippen LogP contribution in [0.25, 0.3) is 43.2 Å². The van der Waals surface area contributed by atoms with Gasteiger partial charge in [0.05, 0.1) is 56.0 Å². The molecule has 8 aromatic rings. The Balaban J connectivity index is 1.01. The van der Waals surface area contributed by atoms with E-state index in [9.17, 15) is 23.5 Å². The third kappa shape index (κ3) is 13.8. The summed E-state index contributed by atoms with van der Waals surface area (Å²) in [5, 5.41) is 0.759. The van der Waals surface area contributed by atoms with Crippen LogP contribution >= 0.6 is 46.7 Å². The van der Waals surface area contributed by atoms with Gasteiger partial charge in [-0.3, -0.25) is 4.90 Å². The second-order valence-electron chi connectivity index (χ2n) is 18.2. The summed E-state index contributed by atoms with van der Waals surface area (Å²) in [5.41, 5.74) is 4.61. The van der Waals surface area contributed by atoms with Gasteiger partial charge in [-0.15, -0.1) is 11.3 Å². The molecule has 1 aliphatic rings. The van der Waals surface area contributed by atoms with E-state index in [0.29, 0.717) is 125 Å². The minimum Gasteiger partial charge on any atom is -0.497 e. The molecule has 1 atom stereocenters. The van der Waals surface area contributed by atoms with Crippen LogP contribution in [0.15, 0.2) is 132 Å². The van der Waals surface area contributed by atoms with Gasteiger partial charge in [-0.1, -0.05) is 66.2 Å². The summed E-state index contributed by atoms with van der Waals surface area (Å²) in [4.78, 5) is 55.0. The summed E-state index contributed by atoms with van der Waals surface area (Å²) in [6, 6.07) is 33.5. The Morgan fingerprint density at radius 1 is 0.857 bits per heavy atom. The number of rotatable bonds is 22. The number of methoxy groups -OCH3 is 2. The lowest BCUT2D eigenvalue weighted by molar-refractivity contribution is -0.928. The Bertz CT molecular complexity index is 3400. The molecule has 1 fully saturated rings. The van der Waals surface area contributed by atoms with Gasteiger partial charge < -0.3 is 42.7 Å². The predicted octanol–water partition coefficient (Wildman–Crippen LogP) is 10.6. The Labute approximate surface area is 461 Å². The molecule has 17 nitrogen and oxygen atoms in total. The second-order valence-corrected chi connectivity index (χ2v) is 21.6. The number of carbonyl (C=O) groups is 1. The summed E-state index contributed by atoms with van der Waals surface area (Å²) >= 11 is 12.3. The molecular formula is C55H53BrClFN6O11PS+. The number of para-hydroxylation sites is 2. The highest BCUT2D eigenvalue weighted by Crippen LogP contribution is 2.51. The third-order valence-electron chi connectivity index (χ3n) is 12.9.